The maximum absolute atomic E-state index is 13.0. The van der Waals surface area contributed by atoms with Crippen LogP contribution in [-0.2, 0) is 19.8 Å². The number of nitrogens with zero attached hydrogens (tertiary/aromatic N) is 1. The number of benzene rings is 1. The summed E-state index contributed by atoms with van der Waals surface area (Å²) in [6.07, 6.45) is 0.188. The first-order chi connectivity index (χ1) is 11.3. The second-order valence-corrected chi connectivity index (χ2v) is 6.59. The van der Waals surface area contributed by atoms with E-state index in [1.54, 1.807) is 24.3 Å². The number of hydrogen-bond acceptors (Lipinski definition) is 4. The van der Waals surface area contributed by atoms with Crippen molar-refractivity contribution in [3.05, 3.63) is 29.8 Å². The molecular formula is C18H23NO5. The lowest BCUT2D eigenvalue weighted by Gasteiger charge is -2.26. The van der Waals surface area contributed by atoms with Crippen molar-refractivity contribution in [2.45, 2.75) is 38.5 Å². The van der Waals surface area contributed by atoms with Gasteiger partial charge in [-0.2, -0.15) is 0 Å². The van der Waals surface area contributed by atoms with Gasteiger partial charge in [0.05, 0.1) is 18.9 Å². The predicted molar refractivity (Wildman–Crippen MR) is 87.7 cm³/mol. The topological polar surface area (TPSA) is 83.9 Å². The molecule has 0 unspecified atom stereocenters. The summed E-state index contributed by atoms with van der Waals surface area (Å²) in [5.41, 5.74) is -0.789. The summed E-state index contributed by atoms with van der Waals surface area (Å²) >= 11 is 0. The van der Waals surface area contributed by atoms with Crippen LogP contribution in [-0.4, -0.2) is 41.4 Å². The van der Waals surface area contributed by atoms with Crippen LogP contribution in [0.1, 0.15) is 38.7 Å². The number of likely N-dealkylation sites (tertiary alicyclic amines) is 1. The Morgan fingerprint density at radius 3 is 2.42 bits per heavy atom. The highest BCUT2D eigenvalue weighted by Gasteiger charge is 2.53. The third kappa shape index (κ3) is 3.42. The van der Waals surface area contributed by atoms with E-state index >= 15 is 0 Å². The summed E-state index contributed by atoms with van der Waals surface area (Å²) in [5, 5.41) is 9.30. The van der Waals surface area contributed by atoms with Crippen LogP contribution in [0.5, 0.6) is 5.75 Å². The number of rotatable bonds is 7. The maximum Gasteiger partial charge on any atom is 0.304 e. The molecule has 1 atom stereocenters. The lowest BCUT2D eigenvalue weighted by Crippen LogP contribution is -2.40. The molecule has 1 aliphatic rings. The van der Waals surface area contributed by atoms with Gasteiger partial charge in [0.15, 0.2) is 0 Å². The van der Waals surface area contributed by atoms with E-state index in [2.05, 4.69) is 0 Å². The molecule has 130 valence electrons. The molecule has 24 heavy (non-hydrogen) atoms. The van der Waals surface area contributed by atoms with Crippen LogP contribution in [0.3, 0.4) is 0 Å². The molecule has 1 aliphatic heterocycles. The van der Waals surface area contributed by atoms with Gasteiger partial charge in [0.25, 0.3) is 0 Å². The van der Waals surface area contributed by atoms with Gasteiger partial charge in [0.1, 0.15) is 5.75 Å². The van der Waals surface area contributed by atoms with Crippen LogP contribution < -0.4 is 4.74 Å². The van der Waals surface area contributed by atoms with Crippen molar-refractivity contribution in [1.29, 1.82) is 0 Å². The van der Waals surface area contributed by atoms with Crippen LogP contribution in [0.2, 0.25) is 0 Å². The summed E-state index contributed by atoms with van der Waals surface area (Å²) in [4.78, 5) is 37.9. The summed E-state index contributed by atoms with van der Waals surface area (Å²) in [5.74, 6) is -0.866. The van der Waals surface area contributed by atoms with E-state index < -0.39 is 23.7 Å². The molecule has 1 N–H and O–H groups in total. The summed E-state index contributed by atoms with van der Waals surface area (Å²) in [6.45, 7) is 4.35. The minimum atomic E-state index is -1.33. The van der Waals surface area contributed by atoms with Crippen LogP contribution >= 0.6 is 0 Å². The Kier molecular flexibility index (Phi) is 5.26. The minimum absolute atomic E-state index is 0.109. The molecule has 0 radical (unpaired) electrons. The first-order valence-corrected chi connectivity index (χ1v) is 8.01. The standard InChI is InChI=1S/C18H23NO5/c1-12(2)8-9-19-15(20)10-18(17(19)23,11-16(21)22)13-4-6-14(24-3)7-5-13/h4-7,12H,8-11H2,1-3H3,(H,21,22)/t18-/m1/s1. The molecule has 6 nitrogen and oxygen atoms in total. The summed E-state index contributed by atoms with van der Waals surface area (Å²) < 4.78 is 5.10. The Balaban J connectivity index is 2.38. The molecule has 2 rings (SSSR count). The van der Waals surface area contributed by atoms with E-state index in [1.807, 2.05) is 13.8 Å². The quantitative estimate of drug-likeness (QED) is 0.774. The number of imide groups is 1. The molecule has 0 spiro atoms. The molecule has 0 aromatic heterocycles. The zero-order chi connectivity index (χ0) is 17.9. The summed E-state index contributed by atoms with van der Waals surface area (Å²) in [6, 6.07) is 6.68. The number of carboxylic acids is 1. The number of amides is 2. The average Bonchev–Trinajstić information content (AvgIpc) is 2.76. The van der Waals surface area contributed by atoms with Gasteiger partial charge in [0, 0.05) is 13.0 Å². The van der Waals surface area contributed by atoms with Crippen LogP contribution in [0.4, 0.5) is 0 Å². The monoisotopic (exact) mass is 333 g/mol. The smallest absolute Gasteiger partial charge is 0.304 e. The van der Waals surface area contributed by atoms with E-state index in [-0.39, 0.29) is 12.3 Å². The maximum atomic E-state index is 13.0. The fourth-order valence-corrected chi connectivity index (χ4v) is 3.05. The van der Waals surface area contributed by atoms with Gasteiger partial charge in [-0.15, -0.1) is 0 Å². The Morgan fingerprint density at radius 1 is 1.29 bits per heavy atom. The molecule has 0 bridgehead atoms. The largest absolute Gasteiger partial charge is 0.497 e. The molecule has 1 aromatic rings. The highest BCUT2D eigenvalue weighted by Crippen LogP contribution is 2.40. The minimum Gasteiger partial charge on any atom is -0.497 e. The van der Waals surface area contributed by atoms with E-state index in [0.29, 0.717) is 30.2 Å². The van der Waals surface area contributed by atoms with Crippen LogP contribution in [0, 0.1) is 5.92 Å². The van der Waals surface area contributed by atoms with Gasteiger partial charge in [0.2, 0.25) is 11.8 Å². The van der Waals surface area contributed by atoms with Gasteiger partial charge < -0.3 is 9.84 Å². The number of carbonyl (C=O) groups is 3. The van der Waals surface area contributed by atoms with Crippen molar-refractivity contribution in [1.82, 2.24) is 4.90 Å². The van der Waals surface area contributed by atoms with Crippen LogP contribution in [0.25, 0.3) is 0 Å². The van der Waals surface area contributed by atoms with Crippen molar-refractivity contribution in [2.24, 2.45) is 5.92 Å². The fraction of sp³-hybridized carbons (Fsp3) is 0.500. The Bertz CT molecular complexity index is 637. The molecular weight excluding hydrogens is 310 g/mol. The van der Waals surface area contributed by atoms with E-state index in [4.69, 9.17) is 4.74 Å². The third-order valence-corrected chi connectivity index (χ3v) is 4.43. The van der Waals surface area contributed by atoms with Gasteiger partial charge in [-0.05, 0) is 30.0 Å². The van der Waals surface area contributed by atoms with Crippen molar-refractivity contribution in [2.75, 3.05) is 13.7 Å². The van der Waals surface area contributed by atoms with E-state index in [1.165, 1.54) is 12.0 Å². The third-order valence-electron chi connectivity index (χ3n) is 4.43. The molecule has 1 aromatic carbocycles. The molecule has 6 heteroatoms. The molecule has 1 heterocycles. The average molecular weight is 333 g/mol. The van der Waals surface area contributed by atoms with Crippen molar-refractivity contribution < 1.29 is 24.2 Å². The number of carbonyl (C=O) groups excluding carboxylic acids is 2. The first-order valence-electron chi connectivity index (χ1n) is 8.01. The van der Waals surface area contributed by atoms with Crippen molar-refractivity contribution >= 4 is 17.8 Å². The van der Waals surface area contributed by atoms with Gasteiger partial charge in [-0.25, -0.2) is 0 Å². The highest BCUT2D eigenvalue weighted by molar-refractivity contribution is 6.10. The zero-order valence-corrected chi connectivity index (χ0v) is 14.2. The lowest BCUT2D eigenvalue weighted by molar-refractivity contribution is -0.145. The van der Waals surface area contributed by atoms with Crippen molar-refractivity contribution in [3.8, 4) is 5.75 Å². The van der Waals surface area contributed by atoms with Crippen molar-refractivity contribution in [3.63, 3.8) is 0 Å². The number of ether oxygens (including phenoxy) is 1. The van der Waals surface area contributed by atoms with Gasteiger partial charge >= 0.3 is 5.97 Å². The second kappa shape index (κ2) is 7.03. The molecule has 0 aliphatic carbocycles. The van der Waals surface area contributed by atoms with E-state index in [0.717, 1.165) is 0 Å². The number of carboxylic acid groups (broad SMARTS) is 1. The summed E-state index contributed by atoms with van der Waals surface area (Å²) in [7, 11) is 1.53. The second-order valence-electron chi connectivity index (χ2n) is 6.59. The normalized spacial score (nSPS) is 20.8. The lowest BCUT2D eigenvalue weighted by atomic mass is 9.76. The number of hydrogen-bond donors (Lipinski definition) is 1. The van der Waals surface area contributed by atoms with Gasteiger partial charge in [-0.1, -0.05) is 26.0 Å². The first kappa shape index (κ1) is 18.0. The SMILES string of the molecule is COc1ccc([C@]2(CC(=O)O)CC(=O)N(CCC(C)C)C2=O)cc1. The zero-order valence-electron chi connectivity index (χ0n) is 14.2. The molecule has 1 saturated heterocycles. The molecule has 2 amide bonds. The van der Waals surface area contributed by atoms with Gasteiger partial charge in [-0.3, -0.25) is 19.3 Å². The fourth-order valence-electron chi connectivity index (χ4n) is 3.05. The molecule has 1 fully saturated rings. The number of methoxy groups -OCH3 is 1. The van der Waals surface area contributed by atoms with Crippen LogP contribution in [0.15, 0.2) is 24.3 Å². The van der Waals surface area contributed by atoms with E-state index in [9.17, 15) is 19.5 Å². The number of aliphatic carboxylic acids is 1. The predicted octanol–water partition coefficient (Wildman–Crippen LogP) is 2.21. The highest BCUT2D eigenvalue weighted by atomic mass is 16.5. The Hall–Kier alpha value is -2.37. The Morgan fingerprint density at radius 2 is 1.92 bits per heavy atom. The Labute approximate surface area is 141 Å². The molecule has 0 saturated carbocycles.